The molecule has 0 saturated carbocycles. The second kappa shape index (κ2) is 5.59. The summed E-state index contributed by atoms with van der Waals surface area (Å²) in [7, 11) is 1.85. The Balaban J connectivity index is 2.49. The lowest BCUT2D eigenvalue weighted by molar-refractivity contribution is 0.481. The van der Waals surface area contributed by atoms with Gasteiger partial charge in [0.15, 0.2) is 0 Å². The summed E-state index contributed by atoms with van der Waals surface area (Å²) in [6.45, 7) is 4.87. The highest BCUT2D eigenvalue weighted by Gasteiger charge is 2.08. The molecule has 0 saturated heterocycles. The van der Waals surface area contributed by atoms with Gasteiger partial charge in [0, 0.05) is 6.04 Å². The van der Waals surface area contributed by atoms with Crippen molar-refractivity contribution in [2.75, 3.05) is 12.4 Å². The van der Waals surface area contributed by atoms with Crippen LogP contribution >= 0.6 is 0 Å². The van der Waals surface area contributed by atoms with Gasteiger partial charge in [-0.1, -0.05) is 18.9 Å². The fraction of sp³-hybridized carbons (Fsp3) is 0.778. The third kappa shape index (κ3) is 2.99. The fourth-order valence-electron chi connectivity index (χ4n) is 1.20. The molecule has 1 aromatic heterocycles. The van der Waals surface area contributed by atoms with Crippen molar-refractivity contribution in [3.05, 3.63) is 5.89 Å². The van der Waals surface area contributed by atoms with E-state index >= 15 is 0 Å². The molecule has 0 aromatic carbocycles. The van der Waals surface area contributed by atoms with Gasteiger partial charge in [0.25, 0.3) is 0 Å². The summed E-state index contributed by atoms with van der Waals surface area (Å²) in [6.07, 6.45) is 2.11. The van der Waals surface area contributed by atoms with E-state index in [-0.39, 0.29) is 0 Å². The van der Waals surface area contributed by atoms with Crippen LogP contribution in [0.3, 0.4) is 0 Å². The van der Waals surface area contributed by atoms with E-state index in [0.717, 1.165) is 12.8 Å². The number of hydrogen-bond donors (Lipinski definition) is 2. The molecule has 2 N–H and O–H groups in total. The summed E-state index contributed by atoms with van der Waals surface area (Å²) in [4.78, 5) is 0. The zero-order chi connectivity index (χ0) is 10.4. The fourth-order valence-corrected chi connectivity index (χ4v) is 1.20. The average molecular weight is 198 g/mol. The van der Waals surface area contributed by atoms with Gasteiger partial charge in [-0.2, -0.15) is 0 Å². The normalized spacial score (nSPS) is 10.9. The van der Waals surface area contributed by atoms with Gasteiger partial charge < -0.3 is 15.1 Å². The van der Waals surface area contributed by atoms with E-state index in [1.165, 1.54) is 0 Å². The molecule has 14 heavy (non-hydrogen) atoms. The molecule has 0 radical (unpaired) electrons. The molecule has 0 spiro atoms. The van der Waals surface area contributed by atoms with E-state index < -0.39 is 0 Å². The predicted octanol–water partition coefficient (Wildman–Crippen LogP) is 1.39. The van der Waals surface area contributed by atoms with E-state index in [1.807, 2.05) is 7.05 Å². The molecule has 80 valence electrons. The van der Waals surface area contributed by atoms with Crippen molar-refractivity contribution in [3.8, 4) is 0 Å². The lowest BCUT2D eigenvalue weighted by Gasteiger charge is -2.11. The number of nitrogens with one attached hydrogen (secondary N) is 2. The highest BCUT2D eigenvalue weighted by atomic mass is 16.4. The standard InChI is InChI=1S/C9H18N4O/c1-4-7(5-2)11-9-13-12-8(14-9)6-10-3/h7,10H,4-6H2,1-3H3,(H,11,13). The SMILES string of the molecule is CCC(CC)Nc1nnc(CNC)o1. The summed E-state index contributed by atoms with van der Waals surface area (Å²) in [6, 6.07) is 0.932. The van der Waals surface area contributed by atoms with Crippen LogP contribution in [0.1, 0.15) is 32.6 Å². The second-order valence-corrected chi connectivity index (χ2v) is 3.19. The van der Waals surface area contributed by atoms with Gasteiger partial charge >= 0.3 is 6.01 Å². The van der Waals surface area contributed by atoms with Crippen molar-refractivity contribution in [3.63, 3.8) is 0 Å². The Kier molecular flexibility index (Phi) is 4.39. The van der Waals surface area contributed by atoms with Crippen LogP contribution in [-0.4, -0.2) is 23.3 Å². The number of aromatic nitrogens is 2. The van der Waals surface area contributed by atoms with Crippen molar-refractivity contribution in [2.45, 2.75) is 39.3 Å². The van der Waals surface area contributed by atoms with E-state index in [2.05, 4.69) is 34.7 Å². The Hall–Kier alpha value is -1.10. The molecular weight excluding hydrogens is 180 g/mol. The monoisotopic (exact) mass is 198 g/mol. The van der Waals surface area contributed by atoms with Crippen molar-refractivity contribution in [1.82, 2.24) is 15.5 Å². The Morgan fingerprint density at radius 2 is 2.00 bits per heavy atom. The molecular formula is C9H18N4O. The zero-order valence-electron chi connectivity index (χ0n) is 9.00. The second-order valence-electron chi connectivity index (χ2n) is 3.19. The Labute approximate surface area is 84.3 Å². The van der Waals surface area contributed by atoms with Crippen LogP contribution < -0.4 is 10.6 Å². The summed E-state index contributed by atoms with van der Waals surface area (Å²) in [5.74, 6) is 0.612. The van der Waals surface area contributed by atoms with E-state index in [9.17, 15) is 0 Å². The van der Waals surface area contributed by atoms with E-state index in [4.69, 9.17) is 4.42 Å². The van der Waals surface area contributed by atoms with Crippen LogP contribution in [0.15, 0.2) is 4.42 Å². The number of rotatable bonds is 6. The molecule has 0 aliphatic heterocycles. The molecule has 0 atom stereocenters. The molecule has 0 aliphatic carbocycles. The largest absolute Gasteiger partial charge is 0.407 e. The first-order valence-corrected chi connectivity index (χ1v) is 5.03. The van der Waals surface area contributed by atoms with Crippen molar-refractivity contribution in [2.24, 2.45) is 0 Å². The molecule has 1 rings (SSSR count). The minimum atomic E-state index is 0.415. The summed E-state index contributed by atoms with van der Waals surface area (Å²) in [5, 5.41) is 13.9. The minimum absolute atomic E-state index is 0.415. The van der Waals surface area contributed by atoms with Gasteiger partial charge in [0.05, 0.1) is 6.54 Å². The molecule has 1 heterocycles. The Morgan fingerprint density at radius 3 is 2.57 bits per heavy atom. The zero-order valence-corrected chi connectivity index (χ0v) is 9.00. The molecule has 1 aromatic rings. The highest BCUT2D eigenvalue weighted by molar-refractivity contribution is 5.18. The maximum absolute atomic E-state index is 5.36. The topological polar surface area (TPSA) is 63.0 Å². The Morgan fingerprint density at radius 1 is 1.29 bits per heavy atom. The first-order valence-electron chi connectivity index (χ1n) is 5.03. The quantitative estimate of drug-likeness (QED) is 0.723. The van der Waals surface area contributed by atoms with Crippen LogP contribution in [-0.2, 0) is 6.54 Å². The average Bonchev–Trinajstić information content (AvgIpc) is 2.63. The number of anilines is 1. The van der Waals surface area contributed by atoms with Gasteiger partial charge in [-0.3, -0.25) is 0 Å². The van der Waals surface area contributed by atoms with E-state index in [1.54, 1.807) is 0 Å². The molecule has 0 fully saturated rings. The highest BCUT2D eigenvalue weighted by Crippen LogP contribution is 2.09. The molecule has 0 aliphatic rings. The Bertz CT molecular complexity index is 257. The maximum Gasteiger partial charge on any atom is 0.315 e. The summed E-state index contributed by atoms with van der Waals surface area (Å²) >= 11 is 0. The van der Waals surface area contributed by atoms with Crippen LogP contribution in [0.5, 0.6) is 0 Å². The lowest BCUT2D eigenvalue weighted by atomic mass is 10.2. The molecule has 5 heteroatoms. The summed E-state index contributed by atoms with van der Waals surface area (Å²) < 4.78 is 5.36. The van der Waals surface area contributed by atoms with Gasteiger partial charge in [-0.05, 0) is 19.9 Å². The third-order valence-corrected chi connectivity index (χ3v) is 2.11. The van der Waals surface area contributed by atoms with Crippen molar-refractivity contribution >= 4 is 6.01 Å². The predicted molar refractivity (Wildman–Crippen MR) is 55.1 cm³/mol. The van der Waals surface area contributed by atoms with Gasteiger partial charge in [-0.15, -0.1) is 5.10 Å². The number of nitrogens with zero attached hydrogens (tertiary/aromatic N) is 2. The maximum atomic E-state index is 5.36. The minimum Gasteiger partial charge on any atom is -0.407 e. The third-order valence-electron chi connectivity index (χ3n) is 2.11. The van der Waals surface area contributed by atoms with E-state index in [0.29, 0.717) is 24.5 Å². The molecule has 0 amide bonds. The lowest BCUT2D eigenvalue weighted by Crippen LogP contribution is -2.17. The molecule has 0 unspecified atom stereocenters. The van der Waals surface area contributed by atoms with Crippen LogP contribution in [0.4, 0.5) is 6.01 Å². The van der Waals surface area contributed by atoms with Crippen LogP contribution in [0, 0.1) is 0 Å². The number of hydrogen-bond acceptors (Lipinski definition) is 5. The van der Waals surface area contributed by atoms with Crippen LogP contribution in [0.2, 0.25) is 0 Å². The molecule has 0 bridgehead atoms. The summed E-state index contributed by atoms with van der Waals surface area (Å²) in [5.41, 5.74) is 0. The van der Waals surface area contributed by atoms with Crippen molar-refractivity contribution in [1.29, 1.82) is 0 Å². The van der Waals surface area contributed by atoms with Crippen LogP contribution in [0.25, 0.3) is 0 Å². The first-order chi connectivity index (χ1) is 6.80. The first kappa shape index (κ1) is 11.0. The van der Waals surface area contributed by atoms with Gasteiger partial charge in [0.1, 0.15) is 0 Å². The van der Waals surface area contributed by atoms with Crippen molar-refractivity contribution < 1.29 is 4.42 Å². The van der Waals surface area contributed by atoms with Gasteiger partial charge in [0.2, 0.25) is 5.89 Å². The smallest absolute Gasteiger partial charge is 0.315 e. The van der Waals surface area contributed by atoms with Gasteiger partial charge in [-0.25, -0.2) is 0 Å². The molecule has 5 nitrogen and oxygen atoms in total.